The van der Waals surface area contributed by atoms with Crippen molar-refractivity contribution in [3.05, 3.63) is 29.3 Å². The smallest absolute Gasteiger partial charge is 0.322 e. The van der Waals surface area contributed by atoms with Gasteiger partial charge in [-0.05, 0) is 45.9 Å². The second-order valence-electron chi connectivity index (χ2n) is 7.54. The van der Waals surface area contributed by atoms with Gasteiger partial charge in [-0.2, -0.15) is 0 Å². The number of quaternary nitrogens is 1. The second-order valence-corrected chi connectivity index (χ2v) is 7.98. The van der Waals surface area contributed by atoms with E-state index in [1.807, 2.05) is 52.0 Å². The highest BCUT2D eigenvalue weighted by Gasteiger charge is 2.30. The van der Waals surface area contributed by atoms with Crippen molar-refractivity contribution in [3.8, 4) is 0 Å². The summed E-state index contributed by atoms with van der Waals surface area (Å²) in [5.74, 6) is -0.243. The number of carbonyl (C=O) groups is 2. The fourth-order valence-electron chi connectivity index (χ4n) is 2.94. The number of carbonyl (C=O) groups excluding carboxylic acids is 2. The van der Waals surface area contributed by atoms with Crippen molar-refractivity contribution in [2.75, 3.05) is 31.1 Å². The van der Waals surface area contributed by atoms with E-state index in [2.05, 4.69) is 15.5 Å². The SMILES string of the molecule is C[C@H](C(=O)NC(=O)NC(C)(C)C)[NH+]1CCN(c2cccc(Cl)c2)CC1. The molecule has 0 radical (unpaired) electrons. The number of nitrogens with one attached hydrogen (secondary N) is 3. The minimum absolute atomic E-state index is 0.243. The molecule has 1 aliphatic rings. The summed E-state index contributed by atoms with van der Waals surface area (Å²) >= 11 is 6.06. The summed E-state index contributed by atoms with van der Waals surface area (Å²) in [6.07, 6.45) is 0. The minimum atomic E-state index is -0.443. The first-order valence-corrected chi connectivity index (χ1v) is 9.01. The third-order valence-corrected chi connectivity index (χ3v) is 4.55. The van der Waals surface area contributed by atoms with Crippen molar-refractivity contribution in [2.45, 2.75) is 39.3 Å². The van der Waals surface area contributed by atoms with Gasteiger partial charge in [0, 0.05) is 16.2 Å². The van der Waals surface area contributed by atoms with Gasteiger partial charge in [0.25, 0.3) is 5.91 Å². The Labute approximate surface area is 154 Å². The summed E-state index contributed by atoms with van der Waals surface area (Å²) in [6, 6.07) is 7.10. The number of imide groups is 1. The van der Waals surface area contributed by atoms with E-state index in [1.165, 1.54) is 4.90 Å². The molecule has 1 heterocycles. The molecule has 1 saturated heterocycles. The highest BCUT2D eigenvalue weighted by Crippen LogP contribution is 2.19. The van der Waals surface area contributed by atoms with Gasteiger partial charge < -0.3 is 15.1 Å². The monoisotopic (exact) mass is 367 g/mol. The summed E-state index contributed by atoms with van der Waals surface area (Å²) in [5, 5.41) is 5.91. The lowest BCUT2D eigenvalue weighted by Gasteiger charge is -2.36. The molecule has 1 atom stereocenters. The van der Waals surface area contributed by atoms with E-state index in [9.17, 15) is 9.59 Å². The van der Waals surface area contributed by atoms with E-state index in [0.717, 1.165) is 36.9 Å². The molecule has 25 heavy (non-hydrogen) atoms. The molecule has 3 amide bonds. The van der Waals surface area contributed by atoms with Crippen molar-refractivity contribution in [1.29, 1.82) is 0 Å². The number of rotatable bonds is 3. The molecule has 0 spiro atoms. The van der Waals surface area contributed by atoms with Crippen molar-refractivity contribution >= 4 is 29.2 Å². The zero-order valence-electron chi connectivity index (χ0n) is 15.4. The maximum atomic E-state index is 12.3. The minimum Gasteiger partial charge on any atom is -0.360 e. The predicted octanol–water partition coefficient (Wildman–Crippen LogP) is 1.06. The van der Waals surface area contributed by atoms with Crippen LogP contribution in [0.4, 0.5) is 10.5 Å². The fourth-order valence-corrected chi connectivity index (χ4v) is 3.12. The van der Waals surface area contributed by atoms with Gasteiger partial charge >= 0.3 is 6.03 Å². The number of piperazine rings is 1. The maximum absolute atomic E-state index is 12.3. The maximum Gasteiger partial charge on any atom is 0.322 e. The number of anilines is 1. The van der Waals surface area contributed by atoms with Crippen LogP contribution < -0.4 is 20.4 Å². The Kier molecular flexibility index (Phi) is 6.30. The van der Waals surface area contributed by atoms with Crippen LogP contribution in [0.15, 0.2) is 24.3 Å². The van der Waals surface area contributed by atoms with E-state index in [0.29, 0.717) is 0 Å². The first-order valence-electron chi connectivity index (χ1n) is 8.64. The second kappa shape index (κ2) is 8.06. The quantitative estimate of drug-likeness (QED) is 0.748. The molecular formula is C18H28ClN4O2+. The highest BCUT2D eigenvalue weighted by atomic mass is 35.5. The number of benzene rings is 1. The number of amides is 3. The average Bonchev–Trinajstić information content (AvgIpc) is 2.52. The van der Waals surface area contributed by atoms with Crippen LogP contribution in [0, 0.1) is 0 Å². The van der Waals surface area contributed by atoms with Gasteiger partial charge in [0.1, 0.15) is 0 Å². The number of urea groups is 1. The standard InChI is InChI=1S/C18H27ClN4O2/c1-13(16(24)20-17(25)21-18(2,3)4)22-8-10-23(11-9-22)15-7-5-6-14(19)12-15/h5-7,12-13H,8-11H2,1-4H3,(H2,20,21,24,25)/p+1/t13-/m1/s1. The van der Waals surface area contributed by atoms with Crippen molar-refractivity contribution in [2.24, 2.45) is 0 Å². The molecule has 0 saturated carbocycles. The topological polar surface area (TPSA) is 65.9 Å². The molecule has 3 N–H and O–H groups in total. The molecule has 138 valence electrons. The van der Waals surface area contributed by atoms with Gasteiger partial charge in [0.05, 0.1) is 26.2 Å². The van der Waals surface area contributed by atoms with E-state index >= 15 is 0 Å². The summed E-state index contributed by atoms with van der Waals surface area (Å²) in [7, 11) is 0. The van der Waals surface area contributed by atoms with Crippen LogP contribution in [0.25, 0.3) is 0 Å². The molecule has 1 fully saturated rings. The van der Waals surface area contributed by atoms with Gasteiger partial charge in [-0.3, -0.25) is 10.1 Å². The predicted molar refractivity (Wildman–Crippen MR) is 100 cm³/mol. The Bertz CT molecular complexity index is 622. The lowest BCUT2D eigenvalue weighted by Crippen LogP contribution is -3.19. The molecule has 0 unspecified atom stereocenters. The Morgan fingerprint density at radius 3 is 2.44 bits per heavy atom. The molecule has 1 aromatic rings. The van der Waals surface area contributed by atoms with Crippen molar-refractivity contribution < 1.29 is 14.5 Å². The summed E-state index contributed by atoms with van der Waals surface area (Å²) < 4.78 is 0. The number of hydrogen-bond acceptors (Lipinski definition) is 3. The van der Waals surface area contributed by atoms with Crippen molar-refractivity contribution in [1.82, 2.24) is 10.6 Å². The Morgan fingerprint density at radius 2 is 1.88 bits per heavy atom. The summed E-state index contributed by atoms with van der Waals surface area (Å²) in [5.41, 5.74) is 0.733. The van der Waals surface area contributed by atoms with Crippen LogP contribution in [0.1, 0.15) is 27.7 Å². The van der Waals surface area contributed by atoms with Crippen LogP contribution >= 0.6 is 11.6 Å². The van der Waals surface area contributed by atoms with Gasteiger partial charge in [0.2, 0.25) is 0 Å². The van der Waals surface area contributed by atoms with E-state index < -0.39 is 6.03 Å². The molecule has 0 aliphatic carbocycles. The lowest BCUT2D eigenvalue weighted by molar-refractivity contribution is -0.914. The highest BCUT2D eigenvalue weighted by molar-refractivity contribution is 6.30. The van der Waals surface area contributed by atoms with Gasteiger partial charge in [-0.1, -0.05) is 17.7 Å². The Hall–Kier alpha value is -1.79. The average molecular weight is 368 g/mol. The van der Waals surface area contributed by atoms with Crippen molar-refractivity contribution in [3.63, 3.8) is 0 Å². The van der Waals surface area contributed by atoms with Gasteiger partial charge in [0.15, 0.2) is 6.04 Å². The zero-order valence-corrected chi connectivity index (χ0v) is 16.1. The summed E-state index contributed by atoms with van der Waals surface area (Å²) in [6.45, 7) is 10.9. The van der Waals surface area contributed by atoms with Gasteiger partial charge in [-0.25, -0.2) is 4.79 Å². The fraction of sp³-hybridized carbons (Fsp3) is 0.556. The first-order chi connectivity index (χ1) is 11.7. The molecule has 7 heteroatoms. The third-order valence-electron chi connectivity index (χ3n) is 4.31. The normalized spacial score (nSPS) is 17.1. The Morgan fingerprint density at radius 1 is 1.24 bits per heavy atom. The molecular weight excluding hydrogens is 340 g/mol. The molecule has 2 rings (SSSR count). The third kappa shape index (κ3) is 5.90. The van der Waals surface area contributed by atoms with Crippen LogP contribution in [-0.2, 0) is 4.79 Å². The lowest BCUT2D eigenvalue weighted by atomic mass is 10.1. The number of nitrogens with zero attached hydrogens (tertiary/aromatic N) is 1. The molecule has 6 nitrogen and oxygen atoms in total. The van der Waals surface area contributed by atoms with E-state index in [-0.39, 0.29) is 17.5 Å². The van der Waals surface area contributed by atoms with Crippen LogP contribution in [0.5, 0.6) is 0 Å². The zero-order chi connectivity index (χ0) is 18.6. The Balaban J connectivity index is 1.85. The van der Waals surface area contributed by atoms with E-state index in [1.54, 1.807) is 0 Å². The van der Waals surface area contributed by atoms with Crippen LogP contribution in [0.2, 0.25) is 5.02 Å². The summed E-state index contributed by atoms with van der Waals surface area (Å²) in [4.78, 5) is 27.6. The van der Waals surface area contributed by atoms with Gasteiger partial charge in [-0.15, -0.1) is 0 Å². The van der Waals surface area contributed by atoms with Crippen LogP contribution in [-0.4, -0.2) is 49.7 Å². The number of halogens is 1. The van der Waals surface area contributed by atoms with Crippen LogP contribution in [0.3, 0.4) is 0 Å². The molecule has 0 bridgehead atoms. The molecule has 1 aromatic carbocycles. The van der Waals surface area contributed by atoms with E-state index in [4.69, 9.17) is 11.6 Å². The molecule has 1 aliphatic heterocycles. The largest absolute Gasteiger partial charge is 0.360 e. The number of hydrogen-bond donors (Lipinski definition) is 3. The first kappa shape index (κ1) is 19.5. The molecule has 0 aromatic heterocycles.